The molecule has 4 N–H and O–H groups in total. The Labute approximate surface area is 141 Å². The highest BCUT2D eigenvalue weighted by Gasteiger charge is 2.19. The molecule has 126 valence electrons. The van der Waals surface area contributed by atoms with E-state index in [1.807, 2.05) is 13.8 Å². The molecule has 0 saturated heterocycles. The number of anilines is 2. The summed E-state index contributed by atoms with van der Waals surface area (Å²) in [6, 6.07) is 4.66. The molecule has 1 aliphatic rings. The lowest BCUT2D eigenvalue weighted by Crippen LogP contribution is -2.33. The van der Waals surface area contributed by atoms with Crippen molar-refractivity contribution in [2.24, 2.45) is 5.73 Å². The largest absolute Gasteiger partial charge is 0.366 e. The van der Waals surface area contributed by atoms with Crippen LogP contribution in [0.3, 0.4) is 0 Å². The maximum Gasteiger partial charge on any atom is 0.223 e. The van der Waals surface area contributed by atoms with E-state index in [1.54, 1.807) is 12.3 Å². The Morgan fingerprint density at radius 1 is 1.25 bits per heavy atom. The third kappa shape index (κ3) is 3.71. The van der Waals surface area contributed by atoms with Crippen LogP contribution in [0.2, 0.25) is 0 Å². The number of hydrogen-bond donors (Lipinski definition) is 3. The standard InChI is InChI=1S/C17H23N7/c1-10(2)21-16-15-11(7-14(8-18)22-16)9-20-17(24-15)23-13-5-3-12(19)4-6-13/h7,9-10,12-13H,3-6,19H2,1-2H3,(H,21,22)(H,20,23,24)/t12-,13-. The zero-order chi connectivity index (χ0) is 17.1. The fourth-order valence-corrected chi connectivity index (χ4v) is 2.99. The van der Waals surface area contributed by atoms with Crippen LogP contribution in [-0.2, 0) is 0 Å². The topological polar surface area (TPSA) is 113 Å². The Morgan fingerprint density at radius 3 is 2.67 bits per heavy atom. The molecule has 0 aliphatic heterocycles. The van der Waals surface area contributed by atoms with Crippen LogP contribution >= 0.6 is 0 Å². The number of nitrogens with one attached hydrogen (secondary N) is 2. The van der Waals surface area contributed by atoms with Crippen molar-refractivity contribution < 1.29 is 0 Å². The number of fused-ring (bicyclic) bond motifs is 1. The summed E-state index contributed by atoms with van der Waals surface area (Å²) in [5.41, 5.74) is 7.04. The van der Waals surface area contributed by atoms with E-state index < -0.39 is 0 Å². The molecule has 0 amide bonds. The molecule has 0 bridgehead atoms. The minimum absolute atomic E-state index is 0.195. The normalized spacial score (nSPS) is 20.8. The Kier molecular flexibility index (Phi) is 4.76. The van der Waals surface area contributed by atoms with Crippen molar-refractivity contribution in [2.75, 3.05) is 10.6 Å². The zero-order valence-corrected chi connectivity index (χ0v) is 14.1. The van der Waals surface area contributed by atoms with Gasteiger partial charge >= 0.3 is 0 Å². The molecule has 0 unspecified atom stereocenters. The maximum atomic E-state index is 9.14. The predicted molar refractivity (Wildman–Crippen MR) is 94.7 cm³/mol. The van der Waals surface area contributed by atoms with E-state index in [9.17, 15) is 0 Å². The highest BCUT2D eigenvalue weighted by atomic mass is 15.1. The Hall–Kier alpha value is -2.46. The van der Waals surface area contributed by atoms with Gasteiger partial charge in [-0.05, 0) is 45.6 Å². The van der Waals surface area contributed by atoms with Crippen molar-refractivity contribution in [3.8, 4) is 6.07 Å². The summed E-state index contributed by atoms with van der Waals surface area (Å²) in [4.78, 5) is 13.4. The van der Waals surface area contributed by atoms with E-state index in [2.05, 4.69) is 31.7 Å². The average molecular weight is 325 g/mol. The molecular weight excluding hydrogens is 302 g/mol. The summed E-state index contributed by atoms with van der Waals surface area (Å²) in [6.07, 6.45) is 5.86. The number of nitriles is 1. The van der Waals surface area contributed by atoms with E-state index in [-0.39, 0.29) is 6.04 Å². The fourth-order valence-electron chi connectivity index (χ4n) is 2.99. The molecule has 2 heterocycles. The molecule has 3 rings (SSSR count). The molecule has 7 heteroatoms. The first-order chi connectivity index (χ1) is 11.5. The number of rotatable bonds is 4. The Morgan fingerprint density at radius 2 is 2.00 bits per heavy atom. The fraction of sp³-hybridized carbons (Fsp3) is 0.529. The smallest absolute Gasteiger partial charge is 0.223 e. The van der Waals surface area contributed by atoms with E-state index in [1.165, 1.54) is 0 Å². The summed E-state index contributed by atoms with van der Waals surface area (Å²) >= 11 is 0. The van der Waals surface area contributed by atoms with E-state index in [0.717, 1.165) is 36.6 Å². The molecule has 2 aromatic rings. The second kappa shape index (κ2) is 6.97. The monoisotopic (exact) mass is 325 g/mol. The quantitative estimate of drug-likeness (QED) is 0.791. The first-order valence-corrected chi connectivity index (χ1v) is 8.41. The number of pyridine rings is 1. The molecule has 1 fully saturated rings. The number of nitrogens with zero attached hydrogens (tertiary/aromatic N) is 4. The molecule has 0 radical (unpaired) electrons. The van der Waals surface area contributed by atoms with Crippen molar-refractivity contribution in [1.82, 2.24) is 15.0 Å². The van der Waals surface area contributed by atoms with Crippen LogP contribution in [0.4, 0.5) is 11.8 Å². The second-order valence-corrected chi connectivity index (χ2v) is 6.65. The molecule has 1 aliphatic carbocycles. The van der Waals surface area contributed by atoms with Gasteiger partial charge < -0.3 is 16.4 Å². The highest BCUT2D eigenvalue weighted by molar-refractivity contribution is 5.89. The molecular formula is C17H23N7. The highest BCUT2D eigenvalue weighted by Crippen LogP contribution is 2.24. The number of aromatic nitrogens is 3. The van der Waals surface area contributed by atoms with Crippen LogP contribution in [0, 0.1) is 11.3 Å². The zero-order valence-electron chi connectivity index (χ0n) is 14.1. The molecule has 2 aromatic heterocycles. The average Bonchev–Trinajstić information content (AvgIpc) is 2.56. The first kappa shape index (κ1) is 16.4. The molecule has 1 saturated carbocycles. The molecule has 7 nitrogen and oxygen atoms in total. The van der Waals surface area contributed by atoms with E-state index in [4.69, 9.17) is 11.0 Å². The lowest BCUT2D eigenvalue weighted by molar-refractivity contribution is 0.410. The van der Waals surface area contributed by atoms with Gasteiger partial charge in [0.25, 0.3) is 0 Å². The van der Waals surface area contributed by atoms with Gasteiger partial charge in [0.05, 0.1) is 0 Å². The van der Waals surface area contributed by atoms with Gasteiger partial charge in [0, 0.05) is 29.7 Å². The van der Waals surface area contributed by atoms with Crippen LogP contribution in [0.1, 0.15) is 45.2 Å². The Bertz CT molecular complexity index is 757. The van der Waals surface area contributed by atoms with Crippen LogP contribution in [0.5, 0.6) is 0 Å². The predicted octanol–water partition coefficient (Wildman–Crippen LogP) is 2.40. The van der Waals surface area contributed by atoms with Crippen LogP contribution in [0.15, 0.2) is 12.3 Å². The van der Waals surface area contributed by atoms with Crippen molar-refractivity contribution in [1.29, 1.82) is 5.26 Å². The van der Waals surface area contributed by atoms with Gasteiger partial charge in [-0.3, -0.25) is 0 Å². The minimum atomic E-state index is 0.195. The number of hydrogen-bond acceptors (Lipinski definition) is 7. The van der Waals surface area contributed by atoms with Gasteiger partial charge in [0.15, 0.2) is 5.82 Å². The summed E-state index contributed by atoms with van der Waals surface area (Å²) in [5.74, 6) is 1.22. The molecule has 24 heavy (non-hydrogen) atoms. The minimum Gasteiger partial charge on any atom is -0.366 e. The van der Waals surface area contributed by atoms with Crippen LogP contribution in [0.25, 0.3) is 10.9 Å². The second-order valence-electron chi connectivity index (χ2n) is 6.65. The third-order valence-electron chi connectivity index (χ3n) is 4.21. The molecule has 0 aromatic carbocycles. The summed E-state index contributed by atoms with van der Waals surface area (Å²) in [6.45, 7) is 4.05. The SMILES string of the molecule is CC(C)Nc1nc(C#N)cc2cnc(N[C@H]3CC[C@H](N)CC3)nc12. The van der Waals surface area contributed by atoms with E-state index >= 15 is 0 Å². The first-order valence-electron chi connectivity index (χ1n) is 8.41. The van der Waals surface area contributed by atoms with Crippen molar-refractivity contribution in [2.45, 2.75) is 57.7 Å². The van der Waals surface area contributed by atoms with Crippen LogP contribution < -0.4 is 16.4 Å². The van der Waals surface area contributed by atoms with Gasteiger partial charge in [0.2, 0.25) is 5.95 Å². The summed E-state index contributed by atoms with van der Waals surface area (Å²) < 4.78 is 0. The van der Waals surface area contributed by atoms with Crippen molar-refractivity contribution in [3.05, 3.63) is 18.0 Å². The van der Waals surface area contributed by atoms with E-state index in [0.29, 0.717) is 29.5 Å². The summed E-state index contributed by atoms with van der Waals surface area (Å²) in [7, 11) is 0. The van der Waals surface area contributed by atoms with Gasteiger partial charge in [-0.1, -0.05) is 0 Å². The summed E-state index contributed by atoms with van der Waals surface area (Å²) in [5, 5.41) is 16.6. The van der Waals surface area contributed by atoms with Crippen molar-refractivity contribution in [3.63, 3.8) is 0 Å². The van der Waals surface area contributed by atoms with Gasteiger partial charge in [-0.15, -0.1) is 0 Å². The van der Waals surface area contributed by atoms with Crippen LogP contribution in [-0.4, -0.2) is 33.1 Å². The Balaban J connectivity index is 1.90. The molecule has 0 atom stereocenters. The lowest BCUT2D eigenvalue weighted by Gasteiger charge is -2.26. The molecule has 0 spiro atoms. The van der Waals surface area contributed by atoms with Gasteiger partial charge in [-0.2, -0.15) is 5.26 Å². The number of nitrogens with two attached hydrogens (primary N) is 1. The lowest BCUT2D eigenvalue weighted by atomic mass is 9.92. The van der Waals surface area contributed by atoms with Gasteiger partial charge in [-0.25, -0.2) is 15.0 Å². The maximum absolute atomic E-state index is 9.14. The van der Waals surface area contributed by atoms with Crippen molar-refractivity contribution >= 4 is 22.7 Å². The third-order valence-corrected chi connectivity index (χ3v) is 4.21. The van der Waals surface area contributed by atoms with Gasteiger partial charge in [0.1, 0.15) is 17.3 Å².